The number of carbonyl (C=O) groups is 3. The number of carboxylic acids is 1. The molecule has 0 bridgehead atoms. The van der Waals surface area contributed by atoms with Gasteiger partial charge in [0.15, 0.2) is 0 Å². The van der Waals surface area contributed by atoms with Gasteiger partial charge in [-0.15, -0.1) is 0 Å². The van der Waals surface area contributed by atoms with Gasteiger partial charge in [0.25, 0.3) is 0 Å². The number of aromatic carboxylic acids is 1. The lowest BCUT2D eigenvalue weighted by Gasteiger charge is -2.09. The van der Waals surface area contributed by atoms with E-state index >= 15 is 0 Å². The van der Waals surface area contributed by atoms with Crippen molar-refractivity contribution in [3.63, 3.8) is 0 Å². The summed E-state index contributed by atoms with van der Waals surface area (Å²) in [6.45, 7) is 0.0957. The molecule has 2 heterocycles. The Hall–Kier alpha value is -2.31. The van der Waals surface area contributed by atoms with Gasteiger partial charge in [-0.3, -0.25) is 9.59 Å². The molecule has 0 spiro atoms. The normalized spacial score (nSPS) is 18.4. The monoisotopic (exact) mass is 252 g/mol. The molecule has 0 aromatic carbocycles. The van der Waals surface area contributed by atoms with Crippen molar-refractivity contribution in [2.24, 2.45) is 0 Å². The lowest BCUT2D eigenvalue weighted by atomic mass is 10.2. The van der Waals surface area contributed by atoms with Crippen molar-refractivity contribution in [1.82, 2.24) is 10.6 Å². The van der Waals surface area contributed by atoms with Crippen molar-refractivity contribution in [1.29, 1.82) is 0 Å². The molecule has 3 N–H and O–H groups in total. The summed E-state index contributed by atoms with van der Waals surface area (Å²) < 4.78 is 4.98. The van der Waals surface area contributed by atoms with Crippen LogP contribution in [0.4, 0.5) is 0 Å². The third kappa shape index (κ3) is 2.68. The molecular weight excluding hydrogens is 240 g/mol. The van der Waals surface area contributed by atoms with Crippen molar-refractivity contribution in [3.05, 3.63) is 23.7 Å². The molecule has 0 saturated carbocycles. The predicted molar refractivity (Wildman–Crippen MR) is 58.7 cm³/mol. The Morgan fingerprint density at radius 1 is 1.50 bits per heavy atom. The van der Waals surface area contributed by atoms with Crippen molar-refractivity contribution in [3.8, 4) is 0 Å². The first-order chi connectivity index (χ1) is 8.56. The van der Waals surface area contributed by atoms with Crippen molar-refractivity contribution in [2.45, 2.75) is 25.4 Å². The number of nitrogens with one attached hydrogen (secondary N) is 2. The Morgan fingerprint density at radius 2 is 2.28 bits per heavy atom. The average molecular weight is 252 g/mol. The third-order valence-electron chi connectivity index (χ3n) is 2.62. The Balaban J connectivity index is 1.85. The van der Waals surface area contributed by atoms with Crippen LogP contribution in [0.3, 0.4) is 0 Å². The second-order valence-corrected chi connectivity index (χ2v) is 3.95. The second-order valence-electron chi connectivity index (χ2n) is 3.95. The molecule has 2 rings (SSSR count). The maximum atomic E-state index is 11.6. The molecule has 1 aliphatic rings. The number of carbonyl (C=O) groups excluding carboxylic acids is 2. The summed E-state index contributed by atoms with van der Waals surface area (Å²) in [4.78, 5) is 33.1. The fourth-order valence-corrected chi connectivity index (χ4v) is 1.70. The highest BCUT2D eigenvalue weighted by molar-refractivity contribution is 5.90. The molecule has 1 fully saturated rings. The summed E-state index contributed by atoms with van der Waals surface area (Å²) in [5.41, 5.74) is 0. The SMILES string of the molecule is O=C1CCC(C(=O)NCc2ccc(C(=O)O)o2)N1. The molecule has 1 saturated heterocycles. The van der Waals surface area contributed by atoms with Gasteiger partial charge in [0.2, 0.25) is 17.6 Å². The lowest BCUT2D eigenvalue weighted by molar-refractivity contribution is -0.125. The standard InChI is InChI=1S/C11H12N2O5/c14-9-4-2-7(13-9)10(15)12-5-6-1-3-8(18-6)11(16)17/h1,3,7H,2,4-5H2,(H,12,15)(H,13,14)(H,16,17). The second kappa shape index (κ2) is 4.91. The molecule has 96 valence electrons. The maximum Gasteiger partial charge on any atom is 0.371 e. The van der Waals surface area contributed by atoms with Gasteiger partial charge in [-0.25, -0.2) is 4.79 Å². The van der Waals surface area contributed by atoms with E-state index in [0.717, 1.165) is 0 Å². The minimum atomic E-state index is -1.16. The first kappa shape index (κ1) is 12.2. The summed E-state index contributed by atoms with van der Waals surface area (Å²) in [6.07, 6.45) is 0.825. The highest BCUT2D eigenvalue weighted by atomic mass is 16.4. The smallest absolute Gasteiger partial charge is 0.371 e. The number of amides is 2. The van der Waals surface area contributed by atoms with Crippen LogP contribution in [0.15, 0.2) is 16.5 Å². The molecule has 7 nitrogen and oxygen atoms in total. The van der Waals surface area contributed by atoms with E-state index in [1.807, 2.05) is 0 Å². The van der Waals surface area contributed by atoms with E-state index < -0.39 is 12.0 Å². The third-order valence-corrected chi connectivity index (χ3v) is 2.62. The van der Waals surface area contributed by atoms with Crippen molar-refractivity contribution < 1.29 is 23.9 Å². The van der Waals surface area contributed by atoms with Crippen LogP contribution in [0.5, 0.6) is 0 Å². The Labute approximate surface area is 102 Å². The van der Waals surface area contributed by atoms with Gasteiger partial charge in [0.05, 0.1) is 6.54 Å². The van der Waals surface area contributed by atoms with Crippen molar-refractivity contribution in [2.75, 3.05) is 0 Å². The Kier molecular flexibility index (Phi) is 3.31. The van der Waals surface area contributed by atoms with E-state index in [1.165, 1.54) is 12.1 Å². The topological polar surface area (TPSA) is 109 Å². The Bertz CT molecular complexity index is 493. The van der Waals surface area contributed by atoms with Crippen LogP contribution in [0.2, 0.25) is 0 Å². The molecule has 1 aliphatic heterocycles. The van der Waals surface area contributed by atoms with Crippen LogP contribution < -0.4 is 10.6 Å². The lowest BCUT2D eigenvalue weighted by Crippen LogP contribution is -2.41. The molecule has 1 aromatic heterocycles. The van der Waals surface area contributed by atoms with Crippen LogP contribution in [0.25, 0.3) is 0 Å². The molecule has 1 atom stereocenters. The van der Waals surface area contributed by atoms with Crippen molar-refractivity contribution >= 4 is 17.8 Å². The number of hydrogen-bond acceptors (Lipinski definition) is 4. The summed E-state index contributed by atoms with van der Waals surface area (Å²) in [5.74, 6) is -1.41. The van der Waals surface area contributed by atoms with Crippen LogP contribution in [0.1, 0.15) is 29.2 Å². The molecule has 1 unspecified atom stereocenters. The largest absolute Gasteiger partial charge is 0.475 e. The highest BCUT2D eigenvalue weighted by Crippen LogP contribution is 2.09. The molecule has 7 heteroatoms. The molecule has 0 radical (unpaired) electrons. The number of furan rings is 1. The number of carboxylic acid groups (broad SMARTS) is 1. The molecule has 1 aromatic rings. The molecule has 2 amide bonds. The van der Waals surface area contributed by atoms with E-state index in [9.17, 15) is 14.4 Å². The molecule has 18 heavy (non-hydrogen) atoms. The number of hydrogen-bond donors (Lipinski definition) is 3. The predicted octanol–water partition coefficient (Wildman–Crippen LogP) is -0.127. The van der Waals surface area contributed by atoms with E-state index in [-0.39, 0.29) is 24.1 Å². The van der Waals surface area contributed by atoms with Gasteiger partial charge in [-0.05, 0) is 18.6 Å². The number of rotatable bonds is 4. The summed E-state index contributed by atoms with van der Waals surface area (Å²) >= 11 is 0. The highest BCUT2D eigenvalue weighted by Gasteiger charge is 2.26. The zero-order valence-electron chi connectivity index (χ0n) is 9.43. The fourth-order valence-electron chi connectivity index (χ4n) is 1.70. The minimum Gasteiger partial charge on any atom is -0.475 e. The van der Waals surface area contributed by atoms with E-state index in [2.05, 4.69) is 10.6 Å². The van der Waals surface area contributed by atoms with Crippen LogP contribution >= 0.6 is 0 Å². The van der Waals surface area contributed by atoms with Crippen LogP contribution in [-0.2, 0) is 16.1 Å². The zero-order valence-corrected chi connectivity index (χ0v) is 9.43. The zero-order chi connectivity index (χ0) is 13.1. The first-order valence-electron chi connectivity index (χ1n) is 5.45. The Morgan fingerprint density at radius 3 is 2.83 bits per heavy atom. The first-order valence-corrected chi connectivity index (χ1v) is 5.45. The van der Waals surface area contributed by atoms with Crippen LogP contribution in [-0.4, -0.2) is 28.9 Å². The summed E-state index contributed by atoms with van der Waals surface area (Å²) in [5, 5.41) is 13.8. The molecule has 0 aliphatic carbocycles. The fraction of sp³-hybridized carbons (Fsp3) is 0.364. The molecular formula is C11H12N2O5. The van der Waals surface area contributed by atoms with Gasteiger partial charge < -0.3 is 20.2 Å². The van der Waals surface area contributed by atoms with Crippen LogP contribution in [0, 0.1) is 0 Å². The average Bonchev–Trinajstić information content (AvgIpc) is 2.94. The van der Waals surface area contributed by atoms with Gasteiger partial charge in [0.1, 0.15) is 11.8 Å². The summed E-state index contributed by atoms with van der Waals surface area (Å²) in [7, 11) is 0. The maximum absolute atomic E-state index is 11.6. The van der Waals surface area contributed by atoms with E-state index in [1.54, 1.807) is 0 Å². The quantitative estimate of drug-likeness (QED) is 0.691. The van der Waals surface area contributed by atoms with Gasteiger partial charge in [0, 0.05) is 6.42 Å². The van der Waals surface area contributed by atoms with Gasteiger partial charge in [-0.2, -0.15) is 0 Å². The minimum absolute atomic E-state index is 0.0957. The van der Waals surface area contributed by atoms with Gasteiger partial charge >= 0.3 is 5.97 Å². The van der Waals surface area contributed by atoms with Gasteiger partial charge in [-0.1, -0.05) is 0 Å². The van der Waals surface area contributed by atoms with E-state index in [4.69, 9.17) is 9.52 Å². The van der Waals surface area contributed by atoms with E-state index in [0.29, 0.717) is 18.6 Å². The summed E-state index contributed by atoms with van der Waals surface area (Å²) in [6, 6.07) is 2.30.